The van der Waals surface area contributed by atoms with E-state index in [0.717, 1.165) is 5.56 Å². The van der Waals surface area contributed by atoms with Crippen molar-refractivity contribution in [3.8, 4) is 0 Å². The van der Waals surface area contributed by atoms with Gasteiger partial charge in [0.25, 0.3) is 10.2 Å². The maximum absolute atomic E-state index is 12.2. The van der Waals surface area contributed by atoms with Gasteiger partial charge >= 0.3 is 0 Å². The maximum atomic E-state index is 12.2. The molecule has 1 aromatic carbocycles. The lowest BCUT2D eigenvalue weighted by atomic mass is 9.89. The number of halogens is 1. The van der Waals surface area contributed by atoms with E-state index in [-0.39, 0.29) is 24.2 Å². The summed E-state index contributed by atoms with van der Waals surface area (Å²) in [5.41, 5.74) is 6.97. The zero-order chi connectivity index (χ0) is 14.0. The Morgan fingerprint density at radius 3 is 2.35 bits per heavy atom. The molecule has 1 fully saturated rings. The third-order valence-corrected chi connectivity index (χ3v) is 5.60. The first kappa shape index (κ1) is 17.4. The second-order valence-corrected chi connectivity index (χ2v) is 7.26. The summed E-state index contributed by atoms with van der Waals surface area (Å²) in [7, 11) is -0.233. The van der Waals surface area contributed by atoms with Crippen LogP contribution in [0.1, 0.15) is 11.5 Å². The number of rotatable bonds is 4. The van der Waals surface area contributed by atoms with Crippen LogP contribution in [0.3, 0.4) is 0 Å². The van der Waals surface area contributed by atoms with Gasteiger partial charge in [-0.1, -0.05) is 30.3 Å². The van der Waals surface area contributed by atoms with Crippen LogP contribution in [0.2, 0.25) is 0 Å². The molecule has 0 bridgehead atoms. The molecule has 0 amide bonds. The lowest BCUT2D eigenvalue weighted by Gasteiger charge is -2.20. The van der Waals surface area contributed by atoms with Crippen LogP contribution in [0.25, 0.3) is 0 Å². The van der Waals surface area contributed by atoms with E-state index in [1.165, 1.54) is 8.61 Å². The van der Waals surface area contributed by atoms with Gasteiger partial charge in [-0.05, 0) is 18.0 Å². The Labute approximate surface area is 127 Å². The Hall–Kier alpha value is -0.660. The molecular weight excluding hydrogens is 298 g/mol. The summed E-state index contributed by atoms with van der Waals surface area (Å²) in [6, 6.07) is 10.0. The van der Waals surface area contributed by atoms with Crippen LogP contribution in [0.15, 0.2) is 30.3 Å². The summed E-state index contributed by atoms with van der Waals surface area (Å²) in [6.45, 7) is 1.50. The molecule has 1 aliphatic heterocycles. The molecule has 0 aliphatic carbocycles. The van der Waals surface area contributed by atoms with E-state index in [0.29, 0.717) is 19.6 Å². The molecule has 2 N–H and O–H groups in total. The fourth-order valence-corrected chi connectivity index (χ4v) is 3.76. The molecule has 1 aliphatic rings. The van der Waals surface area contributed by atoms with Crippen molar-refractivity contribution in [1.29, 1.82) is 0 Å². The molecule has 0 spiro atoms. The first-order valence-corrected chi connectivity index (χ1v) is 7.79. The fraction of sp³-hybridized carbons (Fsp3) is 0.538. The molecule has 7 heteroatoms. The quantitative estimate of drug-likeness (QED) is 0.896. The molecule has 1 saturated heterocycles. The average molecular weight is 320 g/mol. The number of nitrogens with two attached hydrogens (primary N) is 1. The second kappa shape index (κ2) is 6.87. The molecule has 2 rings (SSSR count). The van der Waals surface area contributed by atoms with Crippen molar-refractivity contribution < 1.29 is 8.42 Å². The maximum Gasteiger partial charge on any atom is 0.281 e. The molecule has 20 heavy (non-hydrogen) atoms. The Kier molecular flexibility index (Phi) is 5.97. The lowest BCUT2D eigenvalue weighted by molar-refractivity contribution is 0.411. The van der Waals surface area contributed by atoms with Crippen LogP contribution in [0.5, 0.6) is 0 Å². The largest absolute Gasteiger partial charge is 0.330 e. The van der Waals surface area contributed by atoms with E-state index < -0.39 is 10.2 Å². The summed E-state index contributed by atoms with van der Waals surface area (Å²) in [5, 5.41) is 0. The Balaban J connectivity index is 0.00000200. The van der Waals surface area contributed by atoms with Crippen molar-refractivity contribution in [2.24, 2.45) is 11.7 Å². The Bertz CT molecular complexity index is 522. The molecular formula is C13H22ClN3O2S. The molecule has 0 aromatic heterocycles. The van der Waals surface area contributed by atoms with Crippen LogP contribution in [-0.2, 0) is 10.2 Å². The van der Waals surface area contributed by atoms with E-state index in [4.69, 9.17) is 5.73 Å². The topological polar surface area (TPSA) is 66.6 Å². The van der Waals surface area contributed by atoms with Gasteiger partial charge in [-0.25, -0.2) is 0 Å². The van der Waals surface area contributed by atoms with Gasteiger partial charge in [0.05, 0.1) is 0 Å². The highest BCUT2D eigenvalue weighted by molar-refractivity contribution is 7.86. The van der Waals surface area contributed by atoms with Crippen molar-refractivity contribution in [2.45, 2.75) is 5.92 Å². The van der Waals surface area contributed by atoms with Gasteiger partial charge in [-0.2, -0.15) is 17.0 Å². The second-order valence-electron chi connectivity index (χ2n) is 5.12. The standard InChI is InChI=1S/C13H21N3O2S.ClH/c1-15(2)19(17,18)16-9-12(8-14)13(10-16)11-6-4-3-5-7-11;/h3-7,12-13H,8-10,14H2,1-2H3;1H/t12-,13+;/m1./s1. The summed E-state index contributed by atoms with van der Waals surface area (Å²) in [4.78, 5) is 0. The van der Waals surface area contributed by atoms with Crippen LogP contribution in [0, 0.1) is 5.92 Å². The monoisotopic (exact) mass is 319 g/mol. The van der Waals surface area contributed by atoms with E-state index in [1.807, 2.05) is 30.3 Å². The van der Waals surface area contributed by atoms with Crippen LogP contribution in [0.4, 0.5) is 0 Å². The summed E-state index contributed by atoms with van der Waals surface area (Å²) in [6.07, 6.45) is 0. The van der Waals surface area contributed by atoms with Crippen molar-refractivity contribution in [1.82, 2.24) is 8.61 Å². The van der Waals surface area contributed by atoms with Gasteiger partial charge in [-0.3, -0.25) is 0 Å². The predicted octanol–water partition coefficient (Wildman–Crippen LogP) is 0.889. The van der Waals surface area contributed by atoms with E-state index in [9.17, 15) is 8.42 Å². The highest BCUT2D eigenvalue weighted by Gasteiger charge is 2.39. The zero-order valence-corrected chi connectivity index (χ0v) is 13.4. The van der Waals surface area contributed by atoms with Crippen LogP contribution in [-0.4, -0.2) is 50.8 Å². The number of hydrogen-bond acceptors (Lipinski definition) is 3. The Morgan fingerprint density at radius 2 is 1.85 bits per heavy atom. The molecule has 0 radical (unpaired) electrons. The fourth-order valence-electron chi connectivity index (χ4n) is 2.57. The van der Waals surface area contributed by atoms with Crippen molar-refractivity contribution in [2.75, 3.05) is 33.7 Å². The van der Waals surface area contributed by atoms with Crippen LogP contribution >= 0.6 is 12.4 Å². The molecule has 1 aromatic rings. The zero-order valence-electron chi connectivity index (χ0n) is 11.8. The van der Waals surface area contributed by atoms with Crippen LogP contribution < -0.4 is 5.73 Å². The average Bonchev–Trinajstić information content (AvgIpc) is 2.84. The normalized spacial score (nSPS) is 23.8. The summed E-state index contributed by atoms with van der Waals surface area (Å²) < 4.78 is 27.2. The smallest absolute Gasteiger partial charge is 0.281 e. The molecule has 114 valence electrons. The highest BCUT2D eigenvalue weighted by atomic mass is 35.5. The van der Waals surface area contributed by atoms with Gasteiger partial charge in [0.2, 0.25) is 0 Å². The van der Waals surface area contributed by atoms with Gasteiger partial charge in [-0.15, -0.1) is 12.4 Å². The van der Waals surface area contributed by atoms with E-state index in [1.54, 1.807) is 14.1 Å². The minimum Gasteiger partial charge on any atom is -0.330 e. The Morgan fingerprint density at radius 1 is 1.25 bits per heavy atom. The molecule has 0 saturated carbocycles. The van der Waals surface area contributed by atoms with E-state index in [2.05, 4.69) is 0 Å². The molecule has 5 nitrogen and oxygen atoms in total. The minimum absolute atomic E-state index is 0. The van der Waals surface area contributed by atoms with Gasteiger partial charge < -0.3 is 5.73 Å². The lowest BCUT2D eigenvalue weighted by Crippen LogP contribution is -2.39. The third-order valence-electron chi connectivity index (χ3n) is 3.73. The number of benzene rings is 1. The minimum atomic E-state index is -3.35. The SMILES string of the molecule is CN(C)S(=O)(=O)N1C[C@@H](CN)[C@H](c2ccccc2)C1.Cl. The third kappa shape index (κ3) is 3.32. The van der Waals surface area contributed by atoms with Gasteiger partial charge in [0.1, 0.15) is 0 Å². The first-order valence-electron chi connectivity index (χ1n) is 6.39. The van der Waals surface area contributed by atoms with Gasteiger partial charge in [0, 0.05) is 33.1 Å². The number of hydrogen-bond donors (Lipinski definition) is 1. The molecule has 1 heterocycles. The van der Waals surface area contributed by atoms with Crippen molar-refractivity contribution in [3.63, 3.8) is 0 Å². The van der Waals surface area contributed by atoms with Crippen molar-refractivity contribution >= 4 is 22.6 Å². The molecule has 0 unspecified atom stereocenters. The van der Waals surface area contributed by atoms with Gasteiger partial charge in [0.15, 0.2) is 0 Å². The first-order chi connectivity index (χ1) is 8.96. The summed E-state index contributed by atoms with van der Waals surface area (Å²) >= 11 is 0. The number of nitrogens with zero attached hydrogens (tertiary/aromatic N) is 2. The van der Waals surface area contributed by atoms with E-state index >= 15 is 0 Å². The molecule has 2 atom stereocenters. The predicted molar refractivity (Wildman–Crippen MR) is 83.2 cm³/mol. The highest BCUT2D eigenvalue weighted by Crippen LogP contribution is 2.33. The summed E-state index contributed by atoms with van der Waals surface area (Å²) in [5.74, 6) is 0.359. The van der Waals surface area contributed by atoms with Crippen molar-refractivity contribution in [3.05, 3.63) is 35.9 Å².